The number of nitrogens with zero attached hydrogens (tertiary/aromatic N) is 1. The van der Waals surface area contributed by atoms with E-state index in [1.807, 2.05) is 0 Å². The molecular formula is C19H20F3N3OS. The van der Waals surface area contributed by atoms with Crippen LogP contribution in [0.4, 0.5) is 19.0 Å². The minimum absolute atomic E-state index is 0.298. The van der Waals surface area contributed by atoms with Gasteiger partial charge in [0.15, 0.2) is 16.7 Å². The van der Waals surface area contributed by atoms with Crippen LogP contribution in [0.2, 0.25) is 0 Å². The van der Waals surface area contributed by atoms with E-state index in [0.29, 0.717) is 35.1 Å². The summed E-state index contributed by atoms with van der Waals surface area (Å²) in [6.45, 7) is 0. The molecule has 1 saturated carbocycles. The summed E-state index contributed by atoms with van der Waals surface area (Å²) in [5.74, 6) is 0.982. The Kier molecular flexibility index (Phi) is 5.55. The zero-order chi connectivity index (χ0) is 19.5. The summed E-state index contributed by atoms with van der Waals surface area (Å²) in [5, 5.41) is 6.53. The number of hydrogen-bond acceptors (Lipinski definition) is 3. The van der Waals surface area contributed by atoms with Crippen LogP contribution in [-0.4, -0.2) is 17.2 Å². The standard InChI is InChI=1S/C19H20F3N3OS/c1-26-15-8-5-11-23-16(15)24-17(27)25-18(9-2-3-10-18)13-6-4-7-14(12-13)19(20,21)22/h4-8,11-12H,2-3,9-10H2,1H3,(H2,23,24,25,27). The molecule has 3 rings (SSSR count). The van der Waals surface area contributed by atoms with Crippen LogP contribution in [0.1, 0.15) is 36.8 Å². The molecule has 1 aromatic heterocycles. The van der Waals surface area contributed by atoms with Gasteiger partial charge in [-0.05, 0) is 54.9 Å². The van der Waals surface area contributed by atoms with Gasteiger partial charge in [-0.3, -0.25) is 0 Å². The lowest BCUT2D eigenvalue weighted by Crippen LogP contribution is -2.46. The maximum absolute atomic E-state index is 13.1. The van der Waals surface area contributed by atoms with E-state index in [4.69, 9.17) is 17.0 Å². The molecule has 0 aliphatic heterocycles. The molecule has 2 N–H and O–H groups in total. The maximum atomic E-state index is 13.1. The van der Waals surface area contributed by atoms with Crippen LogP contribution in [-0.2, 0) is 11.7 Å². The number of anilines is 1. The number of rotatable bonds is 4. The van der Waals surface area contributed by atoms with E-state index in [1.54, 1.807) is 24.4 Å². The number of aromatic nitrogens is 1. The molecule has 1 aliphatic carbocycles. The zero-order valence-electron chi connectivity index (χ0n) is 14.8. The Balaban J connectivity index is 1.84. The first kappa shape index (κ1) is 19.4. The molecule has 1 fully saturated rings. The van der Waals surface area contributed by atoms with Crippen LogP contribution < -0.4 is 15.4 Å². The van der Waals surface area contributed by atoms with E-state index in [2.05, 4.69) is 15.6 Å². The predicted octanol–water partition coefficient (Wildman–Crippen LogP) is 4.86. The summed E-state index contributed by atoms with van der Waals surface area (Å²) < 4.78 is 44.6. The first-order valence-electron chi connectivity index (χ1n) is 8.60. The van der Waals surface area contributed by atoms with E-state index in [9.17, 15) is 13.2 Å². The van der Waals surface area contributed by atoms with Gasteiger partial charge in [0.2, 0.25) is 0 Å². The Morgan fingerprint density at radius 3 is 2.59 bits per heavy atom. The van der Waals surface area contributed by atoms with Crippen LogP contribution >= 0.6 is 12.2 Å². The Bertz CT molecular complexity index is 820. The van der Waals surface area contributed by atoms with Crippen molar-refractivity contribution < 1.29 is 17.9 Å². The highest BCUT2D eigenvalue weighted by molar-refractivity contribution is 7.80. The second kappa shape index (κ2) is 7.72. The molecule has 0 amide bonds. The maximum Gasteiger partial charge on any atom is 0.416 e. The molecule has 27 heavy (non-hydrogen) atoms. The van der Waals surface area contributed by atoms with Gasteiger partial charge >= 0.3 is 6.18 Å². The fraction of sp³-hybridized carbons (Fsp3) is 0.368. The number of ether oxygens (including phenoxy) is 1. The van der Waals surface area contributed by atoms with Gasteiger partial charge in [-0.2, -0.15) is 13.2 Å². The smallest absolute Gasteiger partial charge is 0.416 e. The van der Waals surface area contributed by atoms with Crippen molar-refractivity contribution in [3.05, 3.63) is 53.7 Å². The van der Waals surface area contributed by atoms with E-state index in [1.165, 1.54) is 19.2 Å². The van der Waals surface area contributed by atoms with Crippen LogP contribution in [0.15, 0.2) is 42.6 Å². The van der Waals surface area contributed by atoms with Crippen molar-refractivity contribution in [2.45, 2.75) is 37.4 Å². The number of hydrogen-bond donors (Lipinski definition) is 2. The molecule has 0 atom stereocenters. The SMILES string of the molecule is COc1cccnc1NC(=S)NC1(c2cccc(C(F)(F)F)c2)CCCC1. The molecule has 0 bridgehead atoms. The first-order valence-corrected chi connectivity index (χ1v) is 9.01. The fourth-order valence-electron chi connectivity index (χ4n) is 3.46. The summed E-state index contributed by atoms with van der Waals surface area (Å²) >= 11 is 5.42. The number of nitrogens with one attached hydrogen (secondary N) is 2. The summed E-state index contributed by atoms with van der Waals surface area (Å²) in [5.41, 5.74) is -0.696. The molecule has 0 unspecified atom stereocenters. The third-order valence-corrected chi connectivity index (χ3v) is 4.98. The van der Waals surface area contributed by atoms with Crippen LogP contribution in [0.5, 0.6) is 5.75 Å². The van der Waals surface area contributed by atoms with Crippen LogP contribution in [0.3, 0.4) is 0 Å². The zero-order valence-corrected chi connectivity index (χ0v) is 15.6. The summed E-state index contributed by atoms with van der Waals surface area (Å²) in [6, 6.07) is 8.94. The van der Waals surface area contributed by atoms with Crippen molar-refractivity contribution in [3.8, 4) is 5.75 Å². The summed E-state index contributed by atoms with van der Waals surface area (Å²) in [7, 11) is 1.53. The summed E-state index contributed by atoms with van der Waals surface area (Å²) in [4.78, 5) is 4.19. The molecule has 2 aromatic rings. The summed E-state index contributed by atoms with van der Waals surface area (Å²) in [6.07, 6.45) is 0.462. The normalized spacial score (nSPS) is 16.0. The van der Waals surface area contributed by atoms with Gasteiger partial charge in [-0.15, -0.1) is 0 Å². The van der Waals surface area contributed by atoms with E-state index in [-0.39, 0.29) is 0 Å². The largest absolute Gasteiger partial charge is 0.493 e. The van der Waals surface area contributed by atoms with Crippen LogP contribution in [0.25, 0.3) is 0 Å². The average Bonchev–Trinajstić information content (AvgIpc) is 3.11. The van der Waals surface area contributed by atoms with Crippen molar-refractivity contribution in [2.75, 3.05) is 12.4 Å². The lowest BCUT2D eigenvalue weighted by Gasteiger charge is -2.33. The highest BCUT2D eigenvalue weighted by atomic mass is 32.1. The van der Waals surface area contributed by atoms with Crippen molar-refractivity contribution >= 4 is 23.1 Å². The van der Waals surface area contributed by atoms with Crippen molar-refractivity contribution in [1.82, 2.24) is 10.3 Å². The Morgan fingerprint density at radius 2 is 1.93 bits per heavy atom. The first-order chi connectivity index (χ1) is 12.8. The minimum Gasteiger partial charge on any atom is -0.493 e. The fourth-order valence-corrected chi connectivity index (χ4v) is 3.75. The molecule has 4 nitrogen and oxygen atoms in total. The second-order valence-electron chi connectivity index (χ2n) is 6.50. The molecular weight excluding hydrogens is 375 g/mol. The van der Waals surface area contributed by atoms with Gasteiger partial charge in [0.05, 0.1) is 18.2 Å². The molecule has 1 aromatic carbocycles. The molecule has 1 aliphatic rings. The van der Waals surface area contributed by atoms with E-state index < -0.39 is 17.3 Å². The monoisotopic (exact) mass is 395 g/mol. The second-order valence-corrected chi connectivity index (χ2v) is 6.91. The van der Waals surface area contributed by atoms with Gasteiger partial charge in [0, 0.05) is 6.20 Å². The molecule has 0 spiro atoms. The number of benzene rings is 1. The van der Waals surface area contributed by atoms with E-state index >= 15 is 0 Å². The average molecular weight is 395 g/mol. The lowest BCUT2D eigenvalue weighted by molar-refractivity contribution is -0.137. The highest BCUT2D eigenvalue weighted by Gasteiger charge is 2.38. The Morgan fingerprint density at radius 1 is 1.19 bits per heavy atom. The third-order valence-electron chi connectivity index (χ3n) is 4.77. The third kappa shape index (κ3) is 4.32. The predicted molar refractivity (Wildman–Crippen MR) is 102 cm³/mol. The van der Waals surface area contributed by atoms with Gasteiger partial charge in [-0.25, -0.2) is 4.98 Å². The molecule has 1 heterocycles. The van der Waals surface area contributed by atoms with E-state index in [0.717, 1.165) is 18.9 Å². The van der Waals surface area contributed by atoms with Gasteiger partial charge < -0.3 is 15.4 Å². The molecule has 8 heteroatoms. The van der Waals surface area contributed by atoms with Crippen molar-refractivity contribution in [3.63, 3.8) is 0 Å². The van der Waals surface area contributed by atoms with Crippen molar-refractivity contribution in [1.29, 1.82) is 0 Å². The van der Waals surface area contributed by atoms with Crippen LogP contribution in [0, 0.1) is 0 Å². The Hall–Kier alpha value is -2.35. The van der Waals surface area contributed by atoms with Gasteiger partial charge in [0.1, 0.15) is 0 Å². The number of alkyl halides is 3. The number of halogens is 3. The number of pyridine rings is 1. The molecule has 0 saturated heterocycles. The number of thiocarbonyl (C=S) groups is 1. The topological polar surface area (TPSA) is 46.2 Å². The van der Waals surface area contributed by atoms with Crippen molar-refractivity contribution in [2.24, 2.45) is 0 Å². The molecule has 0 radical (unpaired) electrons. The van der Waals surface area contributed by atoms with Gasteiger partial charge in [0.25, 0.3) is 0 Å². The Labute approximate surface area is 161 Å². The number of methoxy groups -OCH3 is 1. The lowest BCUT2D eigenvalue weighted by atomic mass is 9.87. The minimum atomic E-state index is -4.38. The molecule has 144 valence electrons. The quantitative estimate of drug-likeness (QED) is 0.724. The highest BCUT2D eigenvalue weighted by Crippen LogP contribution is 2.41. The van der Waals surface area contributed by atoms with Gasteiger partial charge in [-0.1, -0.05) is 25.0 Å².